The van der Waals surface area contributed by atoms with E-state index in [0.29, 0.717) is 5.56 Å². The zero-order chi connectivity index (χ0) is 12.4. The minimum Gasteiger partial charge on any atom is -0.481 e. The number of hydrogen-bond donors (Lipinski definition) is 1. The van der Waals surface area contributed by atoms with Crippen LogP contribution in [0.5, 0.6) is 0 Å². The minimum atomic E-state index is -1.10. The van der Waals surface area contributed by atoms with Gasteiger partial charge in [0.05, 0.1) is 0 Å². The van der Waals surface area contributed by atoms with Crippen LogP contribution in [0.4, 0.5) is 0 Å². The normalized spacial score (nSPS) is 10.4. The quantitative estimate of drug-likeness (QED) is 0.649. The standard InChI is InChI=1S/C14H12O3/c1-9-2-3-11-7-12(5-4-10(11)6-9)13(15)8-14(16)17/h2-7H,8H2,1H3,(H,16,17). The number of fused-ring (bicyclic) bond motifs is 1. The largest absolute Gasteiger partial charge is 0.481 e. The van der Waals surface area contributed by atoms with Crippen molar-refractivity contribution in [2.75, 3.05) is 0 Å². The minimum absolute atomic E-state index is 0.361. The van der Waals surface area contributed by atoms with Crippen molar-refractivity contribution in [3.05, 3.63) is 47.5 Å². The molecule has 0 heterocycles. The third kappa shape index (κ3) is 2.50. The summed E-state index contributed by atoms with van der Waals surface area (Å²) in [5.41, 5.74) is 1.60. The van der Waals surface area contributed by atoms with Gasteiger partial charge in [-0.2, -0.15) is 0 Å². The molecule has 0 aliphatic carbocycles. The fraction of sp³-hybridized carbons (Fsp3) is 0.143. The fourth-order valence-electron chi connectivity index (χ4n) is 1.78. The Morgan fingerprint density at radius 3 is 2.41 bits per heavy atom. The van der Waals surface area contributed by atoms with Gasteiger partial charge in [0.25, 0.3) is 0 Å². The molecule has 0 fully saturated rings. The highest BCUT2D eigenvalue weighted by atomic mass is 16.4. The van der Waals surface area contributed by atoms with Gasteiger partial charge in [-0.3, -0.25) is 9.59 Å². The van der Waals surface area contributed by atoms with Crippen molar-refractivity contribution in [3.63, 3.8) is 0 Å². The Bertz CT molecular complexity index is 599. The van der Waals surface area contributed by atoms with Crippen molar-refractivity contribution in [1.82, 2.24) is 0 Å². The molecule has 0 aromatic heterocycles. The molecule has 0 aliphatic rings. The van der Waals surface area contributed by atoms with Gasteiger partial charge in [0.15, 0.2) is 5.78 Å². The van der Waals surface area contributed by atoms with E-state index in [1.165, 1.54) is 0 Å². The zero-order valence-electron chi connectivity index (χ0n) is 9.43. The highest BCUT2D eigenvalue weighted by Crippen LogP contribution is 2.18. The molecule has 0 radical (unpaired) electrons. The van der Waals surface area contributed by atoms with Crippen molar-refractivity contribution in [3.8, 4) is 0 Å². The van der Waals surface area contributed by atoms with Crippen molar-refractivity contribution in [2.45, 2.75) is 13.3 Å². The third-order valence-corrected chi connectivity index (χ3v) is 2.63. The number of carbonyl (C=O) groups excluding carboxylic acids is 1. The highest BCUT2D eigenvalue weighted by molar-refractivity contribution is 6.07. The van der Waals surface area contributed by atoms with Gasteiger partial charge >= 0.3 is 5.97 Å². The SMILES string of the molecule is Cc1ccc2cc(C(=O)CC(=O)O)ccc2c1. The summed E-state index contributed by atoms with van der Waals surface area (Å²) in [6.07, 6.45) is -0.461. The van der Waals surface area contributed by atoms with Gasteiger partial charge in [-0.25, -0.2) is 0 Å². The summed E-state index contributed by atoms with van der Waals surface area (Å²) in [5, 5.41) is 10.6. The van der Waals surface area contributed by atoms with Gasteiger partial charge in [0.2, 0.25) is 0 Å². The average molecular weight is 228 g/mol. The second kappa shape index (κ2) is 4.37. The molecule has 3 heteroatoms. The van der Waals surface area contributed by atoms with Gasteiger partial charge < -0.3 is 5.11 Å². The Morgan fingerprint density at radius 1 is 1.06 bits per heavy atom. The molecule has 0 saturated heterocycles. The molecule has 86 valence electrons. The average Bonchev–Trinajstić information content (AvgIpc) is 2.27. The van der Waals surface area contributed by atoms with Crippen LogP contribution in [0.2, 0.25) is 0 Å². The van der Waals surface area contributed by atoms with Gasteiger partial charge in [0.1, 0.15) is 6.42 Å². The molecule has 0 atom stereocenters. The number of Topliss-reactive ketones (excluding diaryl/α,β-unsaturated/α-hetero) is 1. The van der Waals surface area contributed by atoms with E-state index >= 15 is 0 Å². The number of aliphatic carboxylic acids is 1. The summed E-state index contributed by atoms with van der Waals surface area (Å²) in [4.78, 5) is 22.1. The predicted molar refractivity (Wildman–Crippen MR) is 65.3 cm³/mol. The first-order valence-electron chi connectivity index (χ1n) is 5.32. The van der Waals surface area contributed by atoms with Crippen LogP contribution in [-0.2, 0) is 4.79 Å². The summed E-state index contributed by atoms with van der Waals surface area (Å²) in [5.74, 6) is -1.46. The Balaban J connectivity index is 2.41. The first-order valence-corrected chi connectivity index (χ1v) is 5.32. The molecule has 2 aromatic carbocycles. The lowest BCUT2D eigenvalue weighted by molar-refractivity contribution is -0.135. The van der Waals surface area contributed by atoms with Crippen molar-refractivity contribution in [2.24, 2.45) is 0 Å². The zero-order valence-corrected chi connectivity index (χ0v) is 9.43. The molecule has 1 N–H and O–H groups in total. The second-order valence-corrected chi connectivity index (χ2v) is 4.06. The Morgan fingerprint density at radius 2 is 1.71 bits per heavy atom. The maximum Gasteiger partial charge on any atom is 0.311 e. The monoisotopic (exact) mass is 228 g/mol. The Hall–Kier alpha value is -2.16. The van der Waals surface area contributed by atoms with Gasteiger partial charge in [0, 0.05) is 5.56 Å². The number of ketones is 1. The molecule has 2 aromatic rings. The van der Waals surface area contributed by atoms with Crippen LogP contribution in [0.3, 0.4) is 0 Å². The lowest BCUT2D eigenvalue weighted by Gasteiger charge is -2.02. The summed E-state index contributed by atoms with van der Waals surface area (Å²) in [7, 11) is 0. The van der Waals surface area contributed by atoms with E-state index < -0.39 is 12.4 Å². The highest BCUT2D eigenvalue weighted by Gasteiger charge is 2.10. The van der Waals surface area contributed by atoms with Crippen molar-refractivity contribution >= 4 is 22.5 Å². The molecular formula is C14H12O3. The van der Waals surface area contributed by atoms with Crippen LogP contribution < -0.4 is 0 Å². The summed E-state index contributed by atoms with van der Waals surface area (Å²) < 4.78 is 0. The van der Waals surface area contributed by atoms with E-state index in [9.17, 15) is 9.59 Å². The number of hydrogen-bond acceptors (Lipinski definition) is 2. The number of carboxylic acids is 1. The molecule has 0 unspecified atom stereocenters. The van der Waals surface area contributed by atoms with E-state index in [0.717, 1.165) is 16.3 Å². The van der Waals surface area contributed by atoms with Crippen molar-refractivity contribution < 1.29 is 14.7 Å². The van der Waals surface area contributed by atoms with Crippen molar-refractivity contribution in [1.29, 1.82) is 0 Å². The van der Waals surface area contributed by atoms with E-state index in [-0.39, 0.29) is 5.78 Å². The maximum atomic E-state index is 11.6. The molecule has 0 saturated carbocycles. The molecular weight excluding hydrogens is 216 g/mol. The molecule has 0 aliphatic heterocycles. The predicted octanol–water partition coefficient (Wildman–Crippen LogP) is 2.81. The van der Waals surface area contributed by atoms with Gasteiger partial charge in [-0.15, -0.1) is 0 Å². The Kier molecular flexibility index (Phi) is 2.91. The number of aryl methyl sites for hydroxylation is 1. The number of carbonyl (C=O) groups is 2. The summed E-state index contributed by atoms with van der Waals surface area (Å²) >= 11 is 0. The maximum absolute atomic E-state index is 11.6. The lowest BCUT2D eigenvalue weighted by atomic mass is 10.0. The van der Waals surface area contributed by atoms with E-state index in [1.807, 2.05) is 31.2 Å². The molecule has 2 rings (SSSR count). The smallest absolute Gasteiger partial charge is 0.311 e. The van der Waals surface area contributed by atoms with E-state index in [2.05, 4.69) is 0 Å². The molecule has 0 amide bonds. The van der Waals surface area contributed by atoms with Crippen LogP contribution >= 0.6 is 0 Å². The molecule has 0 bridgehead atoms. The molecule has 17 heavy (non-hydrogen) atoms. The van der Waals surface area contributed by atoms with Gasteiger partial charge in [-0.05, 0) is 23.8 Å². The number of benzene rings is 2. The van der Waals surface area contributed by atoms with Crippen LogP contribution in [0, 0.1) is 6.92 Å². The topological polar surface area (TPSA) is 54.4 Å². The number of carboxylic acid groups (broad SMARTS) is 1. The van der Waals surface area contributed by atoms with Crippen LogP contribution in [-0.4, -0.2) is 16.9 Å². The first-order chi connectivity index (χ1) is 8.06. The Labute approximate surface area is 98.7 Å². The molecule has 3 nitrogen and oxygen atoms in total. The third-order valence-electron chi connectivity index (χ3n) is 2.63. The summed E-state index contributed by atoms with van der Waals surface area (Å²) in [6, 6.07) is 11.2. The molecule has 0 spiro atoms. The van der Waals surface area contributed by atoms with Crippen LogP contribution in [0.25, 0.3) is 10.8 Å². The van der Waals surface area contributed by atoms with Gasteiger partial charge in [-0.1, -0.05) is 35.9 Å². The van der Waals surface area contributed by atoms with E-state index in [4.69, 9.17) is 5.11 Å². The lowest BCUT2D eigenvalue weighted by Crippen LogP contribution is -2.06. The fourth-order valence-corrected chi connectivity index (χ4v) is 1.78. The van der Waals surface area contributed by atoms with E-state index in [1.54, 1.807) is 12.1 Å². The summed E-state index contributed by atoms with van der Waals surface area (Å²) in [6.45, 7) is 2.00. The van der Waals surface area contributed by atoms with Crippen LogP contribution in [0.1, 0.15) is 22.3 Å². The first kappa shape index (κ1) is 11.3. The number of rotatable bonds is 3. The van der Waals surface area contributed by atoms with Crippen LogP contribution in [0.15, 0.2) is 36.4 Å². The second-order valence-electron chi connectivity index (χ2n) is 4.06.